The monoisotopic (exact) mass is 264 g/mol. The molecule has 0 amide bonds. The molecule has 0 bridgehead atoms. The van der Waals surface area contributed by atoms with Crippen LogP contribution in [-0.2, 0) is 4.74 Å². The SMILES string of the molecule is COCC(N)C(CO)N1CCC(c2ccccc2)C1. The third kappa shape index (κ3) is 3.54. The standard InChI is InChI=1S/C15H24N2O2/c1-19-11-14(16)15(10-18)17-8-7-13(9-17)12-5-3-2-4-6-12/h2-6,13-15,18H,7-11,16H2,1H3. The average molecular weight is 264 g/mol. The Labute approximate surface area is 115 Å². The van der Waals surface area contributed by atoms with E-state index in [0.717, 1.165) is 19.5 Å². The molecule has 4 heteroatoms. The first kappa shape index (κ1) is 14.5. The summed E-state index contributed by atoms with van der Waals surface area (Å²) >= 11 is 0. The van der Waals surface area contributed by atoms with Crippen LogP contribution in [0.1, 0.15) is 17.9 Å². The molecule has 2 rings (SSSR count). The number of benzene rings is 1. The number of rotatable bonds is 6. The highest BCUT2D eigenvalue weighted by atomic mass is 16.5. The molecule has 0 spiro atoms. The first-order valence-electron chi connectivity index (χ1n) is 6.90. The van der Waals surface area contributed by atoms with Gasteiger partial charge in [0.15, 0.2) is 0 Å². The minimum absolute atomic E-state index is 0.00587. The van der Waals surface area contributed by atoms with Crippen molar-refractivity contribution >= 4 is 0 Å². The second-order valence-electron chi connectivity index (χ2n) is 5.26. The van der Waals surface area contributed by atoms with E-state index in [2.05, 4.69) is 29.2 Å². The van der Waals surface area contributed by atoms with Crippen molar-refractivity contribution in [2.45, 2.75) is 24.4 Å². The predicted octanol–water partition coefficient (Wildman–Crippen LogP) is 0.810. The smallest absolute Gasteiger partial charge is 0.0629 e. The topological polar surface area (TPSA) is 58.7 Å². The maximum Gasteiger partial charge on any atom is 0.0629 e. The van der Waals surface area contributed by atoms with Gasteiger partial charge < -0.3 is 15.6 Å². The molecule has 1 fully saturated rings. The predicted molar refractivity (Wildman–Crippen MR) is 76.1 cm³/mol. The third-order valence-electron chi connectivity index (χ3n) is 4.00. The number of methoxy groups -OCH3 is 1. The lowest BCUT2D eigenvalue weighted by molar-refractivity contribution is 0.0837. The summed E-state index contributed by atoms with van der Waals surface area (Å²) in [6.07, 6.45) is 1.13. The molecular weight excluding hydrogens is 240 g/mol. The summed E-state index contributed by atoms with van der Waals surface area (Å²) in [6.45, 7) is 2.53. The van der Waals surface area contributed by atoms with Crippen molar-refractivity contribution in [1.82, 2.24) is 4.90 Å². The van der Waals surface area contributed by atoms with Crippen molar-refractivity contribution in [2.24, 2.45) is 5.73 Å². The molecule has 0 radical (unpaired) electrons. The molecule has 1 aromatic rings. The quantitative estimate of drug-likeness (QED) is 0.798. The summed E-state index contributed by atoms with van der Waals surface area (Å²) in [7, 11) is 1.64. The van der Waals surface area contributed by atoms with E-state index in [0.29, 0.717) is 12.5 Å². The second-order valence-corrected chi connectivity index (χ2v) is 5.26. The van der Waals surface area contributed by atoms with Crippen LogP contribution in [0.3, 0.4) is 0 Å². The lowest BCUT2D eigenvalue weighted by atomic mass is 9.99. The van der Waals surface area contributed by atoms with E-state index in [1.807, 2.05) is 6.07 Å². The summed E-state index contributed by atoms with van der Waals surface area (Å²) in [6, 6.07) is 10.4. The summed E-state index contributed by atoms with van der Waals surface area (Å²) in [4.78, 5) is 2.29. The average Bonchev–Trinajstić information content (AvgIpc) is 2.90. The number of nitrogens with zero attached hydrogens (tertiary/aromatic N) is 1. The van der Waals surface area contributed by atoms with Gasteiger partial charge in [-0.15, -0.1) is 0 Å². The van der Waals surface area contributed by atoms with Gasteiger partial charge in [-0.3, -0.25) is 4.90 Å². The molecule has 0 saturated carbocycles. The van der Waals surface area contributed by atoms with Crippen LogP contribution in [0.4, 0.5) is 0 Å². The van der Waals surface area contributed by atoms with Gasteiger partial charge in [0, 0.05) is 19.7 Å². The molecule has 19 heavy (non-hydrogen) atoms. The van der Waals surface area contributed by atoms with Crippen molar-refractivity contribution in [3.63, 3.8) is 0 Å². The Morgan fingerprint density at radius 2 is 2.16 bits per heavy atom. The Bertz CT molecular complexity index is 372. The highest BCUT2D eigenvalue weighted by Crippen LogP contribution is 2.28. The molecule has 1 saturated heterocycles. The number of aliphatic hydroxyl groups excluding tert-OH is 1. The Balaban J connectivity index is 1.97. The van der Waals surface area contributed by atoms with Gasteiger partial charge in [0.2, 0.25) is 0 Å². The molecule has 3 N–H and O–H groups in total. The van der Waals surface area contributed by atoms with Crippen molar-refractivity contribution < 1.29 is 9.84 Å². The second kappa shape index (κ2) is 7.01. The minimum Gasteiger partial charge on any atom is -0.395 e. The Hall–Kier alpha value is -0.940. The van der Waals surface area contributed by atoms with Gasteiger partial charge in [-0.2, -0.15) is 0 Å². The van der Waals surface area contributed by atoms with E-state index in [-0.39, 0.29) is 18.7 Å². The summed E-state index contributed by atoms with van der Waals surface area (Å²) in [5, 5.41) is 9.56. The molecule has 3 atom stereocenters. The lowest BCUT2D eigenvalue weighted by Crippen LogP contribution is -2.51. The lowest BCUT2D eigenvalue weighted by Gasteiger charge is -2.30. The Kier molecular flexibility index (Phi) is 5.34. The number of likely N-dealkylation sites (tertiary alicyclic amines) is 1. The first-order valence-corrected chi connectivity index (χ1v) is 6.90. The molecular formula is C15H24N2O2. The fourth-order valence-electron chi connectivity index (χ4n) is 2.91. The molecule has 106 valence electrons. The number of hydrogen-bond donors (Lipinski definition) is 2. The first-order chi connectivity index (χ1) is 9.26. The molecule has 1 aromatic carbocycles. The molecule has 1 aliphatic heterocycles. The van der Waals surface area contributed by atoms with E-state index in [1.165, 1.54) is 5.56 Å². The zero-order chi connectivity index (χ0) is 13.7. The number of hydrogen-bond acceptors (Lipinski definition) is 4. The summed E-state index contributed by atoms with van der Waals surface area (Å²) in [5.41, 5.74) is 7.45. The highest BCUT2D eigenvalue weighted by Gasteiger charge is 2.31. The van der Waals surface area contributed by atoms with Gasteiger partial charge in [-0.1, -0.05) is 30.3 Å². The van der Waals surface area contributed by atoms with Crippen LogP contribution in [0.15, 0.2) is 30.3 Å². The van der Waals surface area contributed by atoms with Gasteiger partial charge in [0.05, 0.1) is 19.3 Å². The van der Waals surface area contributed by atoms with Gasteiger partial charge in [0.1, 0.15) is 0 Å². The zero-order valence-electron chi connectivity index (χ0n) is 11.5. The largest absolute Gasteiger partial charge is 0.395 e. The van der Waals surface area contributed by atoms with Crippen molar-refractivity contribution in [1.29, 1.82) is 0 Å². The van der Waals surface area contributed by atoms with Crippen LogP contribution in [0.25, 0.3) is 0 Å². The van der Waals surface area contributed by atoms with Crippen LogP contribution in [0, 0.1) is 0 Å². The minimum atomic E-state index is -0.135. The zero-order valence-corrected chi connectivity index (χ0v) is 11.5. The van der Waals surface area contributed by atoms with Crippen molar-refractivity contribution in [3.05, 3.63) is 35.9 Å². The van der Waals surface area contributed by atoms with E-state index in [1.54, 1.807) is 7.11 Å². The molecule has 1 aliphatic rings. The van der Waals surface area contributed by atoms with Crippen LogP contribution >= 0.6 is 0 Å². The van der Waals surface area contributed by atoms with E-state index in [9.17, 15) is 5.11 Å². The maximum absolute atomic E-state index is 9.56. The fraction of sp³-hybridized carbons (Fsp3) is 0.600. The van der Waals surface area contributed by atoms with Gasteiger partial charge >= 0.3 is 0 Å². The fourth-order valence-corrected chi connectivity index (χ4v) is 2.91. The highest BCUT2D eigenvalue weighted by molar-refractivity contribution is 5.21. The summed E-state index contributed by atoms with van der Waals surface area (Å²) < 4.78 is 5.09. The molecule has 3 unspecified atom stereocenters. The number of ether oxygens (including phenoxy) is 1. The maximum atomic E-state index is 9.56. The van der Waals surface area contributed by atoms with Gasteiger partial charge in [-0.05, 0) is 24.4 Å². The van der Waals surface area contributed by atoms with Gasteiger partial charge in [0.25, 0.3) is 0 Å². The molecule has 0 aromatic heterocycles. The van der Waals surface area contributed by atoms with E-state index in [4.69, 9.17) is 10.5 Å². The van der Waals surface area contributed by atoms with E-state index >= 15 is 0 Å². The van der Waals surface area contributed by atoms with Crippen molar-refractivity contribution in [3.8, 4) is 0 Å². The third-order valence-corrected chi connectivity index (χ3v) is 4.00. The normalized spacial score (nSPS) is 23.4. The van der Waals surface area contributed by atoms with Crippen molar-refractivity contribution in [2.75, 3.05) is 33.4 Å². The molecule has 0 aliphatic carbocycles. The van der Waals surface area contributed by atoms with Crippen LogP contribution in [0.5, 0.6) is 0 Å². The number of nitrogens with two attached hydrogens (primary N) is 1. The Morgan fingerprint density at radius 1 is 1.42 bits per heavy atom. The van der Waals surface area contributed by atoms with Crippen LogP contribution in [0.2, 0.25) is 0 Å². The molecule has 1 heterocycles. The van der Waals surface area contributed by atoms with Crippen LogP contribution in [-0.4, -0.2) is 55.5 Å². The van der Waals surface area contributed by atoms with E-state index < -0.39 is 0 Å². The van der Waals surface area contributed by atoms with Crippen LogP contribution < -0.4 is 5.73 Å². The number of aliphatic hydroxyl groups is 1. The molecule has 4 nitrogen and oxygen atoms in total. The summed E-state index contributed by atoms with van der Waals surface area (Å²) in [5.74, 6) is 0.546. The van der Waals surface area contributed by atoms with Gasteiger partial charge in [-0.25, -0.2) is 0 Å². The Morgan fingerprint density at radius 3 is 2.79 bits per heavy atom.